The van der Waals surface area contributed by atoms with Crippen LogP contribution in [0, 0.1) is 6.92 Å². The molecular formula is C33H43N3O8S. The number of benzene rings is 3. The predicted octanol–water partition coefficient (Wildman–Crippen LogP) is 4.56. The van der Waals surface area contributed by atoms with Gasteiger partial charge in [0, 0.05) is 24.7 Å². The van der Waals surface area contributed by atoms with E-state index in [2.05, 4.69) is 5.32 Å². The summed E-state index contributed by atoms with van der Waals surface area (Å²) in [5.74, 6) is 0.160. The smallest absolute Gasteiger partial charge is 0.265 e. The van der Waals surface area contributed by atoms with E-state index in [0.717, 1.165) is 15.4 Å². The van der Waals surface area contributed by atoms with Gasteiger partial charge in [0.15, 0.2) is 11.5 Å². The van der Waals surface area contributed by atoms with E-state index in [0.29, 0.717) is 17.9 Å². The van der Waals surface area contributed by atoms with Gasteiger partial charge in [0.25, 0.3) is 10.0 Å². The first-order valence-corrected chi connectivity index (χ1v) is 16.0. The molecule has 0 aliphatic rings. The Balaban J connectivity index is 2.20. The summed E-state index contributed by atoms with van der Waals surface area (Å²) in [6.45, 7) is 6.88. The van der Waals surface area contributed by atoms with Crippen LogP contribution in [0.2, 0.25) is 0 Å². The van der Waals surface area contributed by atoms with Crippen LogP contribution in [0.4, 0.5) is 5.69 Å². The zero-order valence-electron chi connectivity index (χ0n) is 27.1. The van der Waals surface area contributed by atoms with Gasteiger partial charge in [0.05, 0.1) is 39.0 Å². The number of methoxy groups -OCH3 is 4. The van der Waals surface area contributed by atoms with Crippen LogP contribution < -0.4 is 28.6 Å². The van der Waals surface area contributed by atoms with Gasteiger partial charge in [-0.25, -0.2) is 8.42 Å². The van der Waals surface area contributed by atoms with Crippen molar-refractivity contribution >= 4 is 27.5 Å². The summed E-state index contributed by atoms with van der Waals surface area (Å²) in [5.41, 5.74) is 1.91. The van der Waals surface area contributed by atoms with Crippen molar-refractivity contribution in [2.75, 3.05) is 39.3 Å². The molecule has 12 heteroatoms. The number of hydrogen-bond acceptors (Lipinski definition) is 8. The lowest BCUT2D eigenvalue weighted by Crippen LogP contribution is -2.53. The molecule has 3 rings (SSSR count). The molecule has 0 saturated carbocycles. The molecule has 0 radical (unpaired) electrons. The lowest BCUT2D eigenvalue weighted by molar-refractivity contribution is -0.140. The number of ether oxygens (including phenoxy) is 4. The molecule has 244 valence electrons. The van der Waals surface area contributed by atoms with E-state index in [4.69, 9.17) is 18.9 Å². The van der Waals surface area contributed by atoms with Gasteiger partial charge in [-0.3, -0.25) is 13.9 Å². The first-order chi connectivity index (χ1) is 21.4. The van der Waals surface area contributed by atoms with Crippen LogP contribution in [0.15, 0.2) is 65.6 Å². The number of rotatable bonds is 15. The molecule has 1 atom stereocenters. The van der Waals surface area contributed by atoms with Gasteiger partial charge in [-0.1, -0.05) is 36.8 Å². The Morgan fingerprint density at radius 2 is 1.44 bits per heavy atom. The maximum atomic E-state index is 14.4. The second-order valence-electron chi connectivity index (χ2n) is 10.7. The van der Waals surface area contributed by atoms with Gasteiger partial charge in [-0.05, 0) is 57.0 Å². The molecule has 0 aromatic heterocycles. The van der Waals surface area contributed by atoms with Crippen LogP contribution in [0.25, 0.3) is 0 Å². The molecule has 0 bridgehead atoms. The standard InChI is InChI=1S/C33H43N3O8S/c1-9-27(33(38)34-22(2)3)35(20-24-12-10-23(4)11-13-24)32(37)21-36(28-18-25(41-5)14-16-29(28)42-6)45(39,40)26-15-17-30(43-7)31(19-26)44-8/h10-19,22,27H,9,20-21H2,1-8H3,(H,34,38)/t27-/m1/s1. The molecule has 0 fully saturated rings. The second kappa shape index (κ2) is 15.5. The minimum Gasteiger partial charge on any atom is -0.497 e. The van der Waals surface area contributed by atoms with Gasteiger partial charge in [0.1, 0.15) is 24.1 Å². The molecular weight excluding hydrogens is 598 g/mol. The van der Waals surface area contributed by atoms with Crippen molar-refractivity contribution in [3.05, 3.63) is 71.8 Å². The third kappa shape index (κ3) is 8.39. The molecule has 2 amide bonds. The summed E-state index contributed by atoms with van der Waals surface area (Å²) < 4.78 is 51.4. The molecule has 0 heterocycles. The van der Waals surface area contributed by atoms with Crippen molar-refractivity contribution in [2.45, 2.75) is 57.6 Å². The van der Waals surface area contributed by atoms with Crippen LogP contribution in [-0.2, 0) is 26.2 Å². The van der Waals surface area contributed by atoms with E-state index >= 15 is 0 Å². The maximum Gasteiger partial charge on any atom is 0.265 e. The number of nitrogens with zero attached hydrogens (tertiary/aromatic N) is 2. The Kier molecular flexibility index (Phi) is 12.1. The van der Waals surface area contributed by atoms with Gasteiger partial charge >= 0.3 is 0 Å². The molecule has 11 nitrogen and oxygen atoms in total. The van der Waals surface area contributed by atoms with Gasteiger partial charge in [-0.15, -0.1) is 0 Å². The Bertz CT molecular complexity index is 1580. The monoisotopic (exact) mass is 641 g/mol. The fourth-order valence-corrected chi connectivity index (χ4v) is 6.23. The highest BCUT2D eigenvalue weighted by molar-refractivity contribution is 7.92. The topological polar surface area (TPSA) is 124 Å². The summed E-state index contributed by atoms with van der Waals surface area (Å²) in [5, 5.41) is 2.89. The lowest BCUT2D eigenvalue weighted by Gasteiger charge is -2.34. The first kappa shape index (κ1) is 35.0. The maximum absolute atomic E-state index is 14.4. The second-order valence-corrected chi connectivity index (χ2v) is 12.5. The lowest BCUT2D eigenvalue weighted by atomic mass is 10.1. The number of amides is 2. The Hall–Kier alpha value is -4.45. The highest BCUT2D eigenvalue weighted by Crippen LogP contribution is 2.38. The Morgan fingerprint density at radius 1 is 0.822 bits per heavy atom. The Labute approximate surface area is 266 Å². The molecule has 3 aromatic rings. The van der Waals surface area contributed by atoms with Gasteiger partial charge in [-0.2, -0.15) is 0 Å². The summed E-state index contributed by atoms with van der Waals surface area (Å²) in [7, 11) is 1.27. The SMILES string of the molecule is CC[C@H](C(=O)NC(C)C)N(Cc1ccc(C)cc1)C(=O)CN(c1cc(OC)ccc1OC)S(=O)(=O)c1ccc(OC)c(OC)c1. The average Bonchev–Trinajstić information content (AvgIpc) is 3.03. The molecule has 0 saturated heterocycles. The van der Waals surface area contributed by atoms with Crippen LogP contribution in [0.1, 0.15) is 38.3 Å². The number of sulfonamides is 1. The number of carbonyl (C=O) groups is 2. The van der Waals surface area contributed by atoms with Crippen molar-refractivity contribution in [2.24, 2.45) is 0 Å². The minimum absolute atomic E-state index is 0.0787. The quantitative estimate of drug-likeness (QED) is 0.256. The summed E-state index contributed by atoms with van der Waals surface area (Å²) in [6.07, 6.45) is 0.307. The van der Waals surface area contributed by atoms with E-state index in [9.17, 15) is 18.0 Å². The molecule has 0 aliphatic heterocycles. The number of aryl methyl sites for hydroxylation is 1. The summed E-state index contributed by atoms with van der Waals surface area (Å²) in [6, 6.07) is 15.4. The van der Waals surface area contributed by atoms with Crippen LogP contribution in [0.5, 0.6) is 23.0 Å². The van der Waals surface area contributed by atoms with E-state index in [1.54, 1.807) is 12.1 Å². The van der Waals surface area contributed by atoms with E-state index in [1.165, 1.54) is 57.6 Å². The van der Waals surface area contributed by atoms with Crippen LogP contribution in [-0.4, -0.2) is 72.2 Å². The summed E-state index contributed by atoms with van der Waals surface area (Å²) >= 11 is 0. The largest absolute Gasteiger partial charge is 0.497 e. The normalized spacial score (nSPS) is 11.8. The summed E-state index contributed by atoms with van der Waals surface area (Å²) in [4.78, 5) is 29.0. The van der Waals surface area contributed by atoms with Crippen molar-refractivity contribution < 1.29 is 37.0 Å². The van der Waals surface area contributed by atoms with Gasteiger partial charge < -0.3 is 29.2 Å². The van der Waals surface area contributed by atoms with Crippen molar-refractivity contribution in [3.63, 3.8) is 0 Å². The fourth-order valence-electron chi connectivity index (χ4n) is 4.80. The molecule has 1 N–H and O–H groups in total. The fraction of sp³-hybridized carbons (Fsp3) is 0.394. The first-order valence-electron chi connectivity index (χ1n) is 14.5. The zero-order chi connectivity index (χ0) is 33.3. The number of carbonyl (C=O) groups excluding carboxylic acids is 2. The van der Waals surface area contributed by atoms with E-state index in [-0.39, 0.29) is 40.6 Å². The third-order valence-electron chi connectivity index (χ3n) is 7.17. The molecule has 0 spiro atoms. The van der Waals surface area contributed by atoms with E-state index < -0.39 is 28.5 Å². The number of nitrogens with one attached hydrogen (secondary N) is 1. The predicted molar refractivity (Wildman–Crippen MR) is 173 cm³/mol. The zero-order valence-corrected chi connectivity index (χ0v) is 27.9. The molecule has 3 aromatic carbocycles. The number of anilines is 1. The highest BCUT2D eigenvalue weighted by atomic mass is 32.2. The molecule has 0 aliphatic carbocycles. The van der Waals surface area contributed by atoms with Crippen LogP contribution in [0.3, 0.4) is 0 Å². The van der Waals surface area contributed by atoms with Crippen LogP contribution >= 0.6 is 0 Å². The van der Waals surface area contributed by atoms with E-state index in [1.807, 2.05) is 52.0 Å². The molecule has 0 unspecified atom stereocenters. The van der Waals surface area contributed by atoms with Crippen molar-refractivity contribution in [1.82, 2.24) is 10.2 Å². The molecule has 45 heavy (non-hydrogen) atoms. The van der Waals surface area contributed by atoms with Gasteiger partial charge in [0.2, 0.25) is 11.8 Å². The number of hydrogen-bond donors (Lipinski definition) is 1. The average molecular weight is 642 g/mol. The Morgan fingerprint density at radius 3 is 2.00 bits per heavy atom. The highest BCUT2D eigenvalue weighted by Gasteiger charge is 2.35. The van der Waals surface area contributed by atoms with Crippen molar-refractivity contribution in [1.29, 1.82) is 0 Å². The van der Waals surface area contributed by atoms with Crippen molar-refractivity contribution in [3.8, 4) is 23.0 Å². The third-order valence-corrected chi connectivity index (χ3v) is 8.92. The minimum atomic E-state index is -4.43.